The maximum absolute atomic E-state index is 11.5. The molecule has 0 spiro atoms. The van der Waals surface area contributed by atoms with Crippen LogP contribution in [0.15, 0.2) is 24.3 Å². The lowest BCUT2D eigenvalue weighted by atomic mass is 10.1. The van der Waals surface area contributed by atoms with Gasteiger partial charge in [-0.25, -0.2) is 0 Å². The van der Waals surface area contributed by atoms with Crippen molar-refractivity contribution in [3.63, 3.8) is 0 Å². The number of hydrogen-bond donors (Lipinski definition) is 2. The second-order valence-corrected chi connectivity index (χ2v) is 4.16. The van der Waals surface area contributed by atoms with E-state index in [0.29, 0.717) is 26.0 Å². The predicted octanol–water partition coefficient (Wildman–Crippen LogP) is 1.61. The maximum Gasteiger partial charge on any atom is 0.220 e. The zero-order valence-corrected chi connectivity index (χ0v) is 10.8. The van der Waals surface area contributed by atoms with Gasteiger partial charge >= 0.3 is 0 Å². The highest BCUT2D eigenvalue weighted by Gasteiger charge is 2.04. The van der Waals surface area contributed by atoms with E-state index < -0.39 is 0 Å². The molecule has 1 amide bonds. The lowest BCUT2D eigenvalue weighted by Crippen LogP contribution is -2.23. The first kappa shape index (κ1) is 14.7. The Bertz CT molecular complexity index is 366. The standard InChI is InChI=1S/C14H21NO3/c1-18-11-13-7-3-2-6-12(13)10-15-14(17)8-4-5-9-16/h2-3,6-7,16H,4-5,8-11H2,1H3,(H,15,17). The van der Waals surface area contributed by atoms with Gasteiger partial charge in [0.05, 0.1) is 6.61 Å². The number of carbonyl (C=O) groups is 1. The van der Waals surface area contributed by atoms with E-state index in [1.165, 1.54) is 0 Å². The fourth-order valence-corrected chi connectivity index (χ4v) is 1.71. The van der Waals surface area contributed by atoms with Gasteiger partial charge < -0.3 is 15.2 Å². The van der Waals surface area contributed by atoms with E-state index in [-0.39, 0.29) is 12.5 Å². The molecule has 4 heteroatoms. The minimum atomic E-state index is 0.0238. The third-order valence-electron chi connectivity index (χ3n) is 2.71. The van der Waals surface area contributed by atoms with Crippen LogP contribution in [-0.4, -0.2) is 24.7 Å². The van der Waals surface area contributed by atoms with Gasteiger partial charge in [-0.2, -0.15) is 0 Å². The second-order valence-electron chi connectivity index (χ2n) is 4.16. The van der Waals surface area contributed by atoms with Crippen LogP contribution in [0.2, 0.25) is 0 Å². The van der Waals surface area contributed by atoms with Crippen molar-refractivity contribution in [2.75, 3.05) is 13.7 Å². The summed E-state index contributed by atoms with van der Waals surface area (Å²) in [7, 11) is 1.66. The minimum absolute atomic E-state index is 0.0238. The summed E-state index contributed by atoms with van der Waals surface area (Å²) < 4.78 is 5.11. The number of benzene rings is 1. The van der Waals surface area contributed by atoms with Gasteiger partial charge in [0.15, 0.2) is 0 Å². The van der Waals surface area contributed by atoms with Crippen LogP contribution < -0.4 is 5.32 Å². The van der Waals surface area contributed by atoms with E-state index in [0.717, 1.165) is 17.5 Å². The largest absolute Gasteiger partial charge is 0.396 e. The summed E-state index contributed by atoms with van der Waals surface area (Å²) in [6.07, 6.45) is 1.86. The van der Waals surface area contributed by atoms with E-state index in [1.54, 1.807) is 7.11 Å². The predicted molar refractivity (Wildman–Crippen MR) is 69.9 cm³/mol. The summed E-state index contributed by atoms with van der Waals surface area (Å²) in [5.74, 6) is 0.0238. The van der Waals surface area contributed by atoms with E-state index >= 15 is 0 Å². The number of ether oxygens (including phenoxy) is 1. The first-order valence-corrected chi connectivity index (χ1v) is 6.21. The fourth-order valence-electron chi connectivity index (χ4n) is 1.71. The molecule has 0 aliphatic carbocycles. The van der Waals surface area contributed by atoms with Gasteiger partial charge in [-0.05, 0) is 24.0 Å². The molecule has 0 unspecified atom stereocenters. The van der Waals surface area contributed by atoms with Crippen LogP contribution >= 0.6 is 0 Å². The molecule has 0 heterocycles. The zero-order valence-electron chi connectivity index (χ0n) is 10.8. The Balaban J connectivity index is 2.40. The molecular formula is C14H21NO3. The van der Waals surface area contributed by atoms with Crippen molar-refractivity contribution >= 4 is 5.91 Å². The first-order chi connectivity index (χ1) is 8.77. The zero-order chi connectivity index (χ0) is 13.2. The van der Waals surface area contributed by atoms with Crippen molar-refractivity contribution in [1.29, 1.82) is 0 Å². The molecule has 1 rings (SSSR count). The Hall–Kier alpha value is -1.39. The summed E-state index contributed by atoms with van der Waals surface area (Å²) in [6.45, 7) is 1.22. The number of methoxy groups -OCH3 is 1. The number of unbranched alkanes of at least 4 members (excludes halogenated alkanes) is 1. The Labute approximate surface area is 108 Å². The highest BCUT2D eigenvalue weighted by atomic mass is 16.5. The normalized spacial score (nSPS) is 10.3. The summed E-state index contributed by atoms with van der Waals surface area (Å²) in [5.41, 5.74) is 2.17. The van der Waals surface area contributed by atoms with E-state index in [2.05, 4.69) is 5.32 Å². The quantitative estimate of drug-likeness (QED) is 0.690. The van der Waals surface area contributed by atoms with Gasteiger partial charge in [0, 0.05) is 26.7 Å². The molecule has 0 atom stereocenters. The van der Waals surface area contributed by atoms with Crippen LogP contribution in [0.5, 0.6) is 0 Å². The molecule has 0 aromatic heterocycles. The number of carbonyl (C=O) groups excluding carboxylic acids is 1. The number of nitrogens with one attached hydrogen (secondary N) is 1. The smallest absolute Gasteiger partial charge is 0.220 e. The molecule has 18 heavy (non-hydrogen) atoms. The van der Waals surface area contributed by atoms with Crippen LogP contribution in [0.3, 0.4) is 0 Å². The van der Waals surface area contributed by atoms with Crippen LogP contribution in [0.25, 0.3) is 0 Å². The van der Waals surface area contributed by atoms with E-state index in [1.807, 2.05) is 24.3 Å². The molecule has 0 radical (unpaired) electrons. The summed E-state index contributed by atoms with van der Waals surface area (Å²) in [5, 5.41) is 11.5. The summed E-state index contributed by atoms with van der Waals surface area (Å²) >= 11 is 0. The van der Waals surface area contributed by atoms with Crippen molar-refractivity contribution in [2.24, 2.45) is 0 Å². The number of aliphatic hydroxyl groups excluding tert-OH is 1. The van der Waals surface area contributed by atoms with E-state index in [4.69, 9.17) is 9.84 Å². The Morgan fingerprint density at radius 3 is 2.67 bits per heavy atom. The van der Waals surface area contributed by atoms with Crippen LogP contribution in [0, 0.1) is 0 Å². The topological polar surface area (TPSA) is 58.6 Å². The molecule has 2 N–H and O–H groups in total. The second kappa shape index (κ2) is 8.66. The average molecular weight is 251 g/mol. The molecule has 0 aliphatic heterocycles. The SMILES string of the molecule is COCc1ccccc1CNC(=O)CCCCO. The fraction of sp³-hybridized carbons (Fsp3) is 0.500. The van der Waals surface area contributed by atoms with Crippen molar-refractivity contribution in [1.82, 2.24) is 5.32 Å². The lowest BCUT2D eigenvalue weighted by Gasteiger charge is -2.10. The molecule has 1 aromatic carbocycles. The third-order valence-corrected chi connectivity index (χ3v) is 2.71. The molecule has 100 valence electrons. The Morgan fingerprint density at radius 2 is 2.00 bits per heavy atom. The molecular weight excluding hydrogens is 230 g/mol. The number of hydrogen-bond acceptors (Lipinski definition) is 3. The molecule has 0 saturated heterocycles. The Morgan fingerprint density at radius 1 is 1.28 bits per heavy atom. The highest BCUT2D eigenvalue weighted by Crippen LogP contribution is 2.09. The summed E-state index contributed by atoms with van der Waals surface area (Å²) in [6, 6.07) is 7.90. The van der Waals surface area contributed by atoms with Crippen LogP contribution in [0.1, 0.15) is 30.4 Å². The Kier molecular flexibility index (Phi) is 7.06. The van der Waals surface area contributed by atoms with Crippen molar-refractivity contribution in [3.05, 3.63) is 35.4 Å². The molecule has 0 aliphatic rings. The van der Waals surface area contributed by atoms with Crippen LogP contribution in [-0.2, 0) is 22.7 Å². The monoisotopic (exact) mass is 251 g/mol. The van der Waals surface area contributed by atoms with Gasteiger partial charge in [-0.15, -0.1) is 0 Å². The third kappa shape index (κ3) is 5.29. The number of rotatable bonds is 8. The van der Waals surface area contributed by atoms with E-state index in [9.17, 15) is 4.79 Å². The average Bonchev–Trinajstić information content (AvgIpc) is 2.38. The summed E-state index contributed by atoms with van der Waals surface area (Å²) in [4.78, 5) is 11.5. The maximum atomic E-state index is 11.5. The van der Waals surface area contributed by atoms with Crippen molar-refractivity contribution in [3.8, 4) is 0 Å². The first-order valence-electron chi connectivity index (χ1n) is 6.21. The van der Waals surface area contributed by atoms with Gasteiger partial charge in [0.2, 0.25) is 5.91 Å². The van der Waals surface area contributed by atoms with Gasteiger partial charge in [0.1, 0.15) is 0 Å². The molecule has 4 nitrogen and oxygen atoms in total. The van der Waals surface area contributed by atoms with Crippen LogP contribution in [0.4, 0.5) is 0 Å². The molecule has 0 bridgehead atoms. The van der Waals surface area contributed by atoms with Gasteiger partial charge in [-0.1, -0.05) is 24.3 Å². The van der Waals surface area contributed by atoms with Gasteiger partial charge in [-0.3, -0.25) is 4.79 Å². The highest BCUT2D eigenvalue weighted by molar-refractivity contribution is 5.75. The number of aliphatic hydroxyl groups is 1. The molecule has 1 aromatic rings. The van der Waals surface area contributed by atoms with Crippen molar-refractivity contribution < 1.29 is 14.6 Å². The number of amides is 1. The minimum Gasteiger partial charge on any atom is -0.396 e. The molecule has 0 saturated carbocycles. The lowest BCUT2D eigenvalue weighted by molar-refractivity contribution is -0.121. The van der Waals surface area contributed by atoms with Crippen molar-refractivity contribution in [2.45, 2.75) is 32.4 Å². The molecule has 0 fully saturated rings. The van der Waals surface area contributed by atoms with Gasteiger partial charge in [0.25, 0.3) is 0 Å².